The van der Waals surface area contributed by atoms with E-state index in [4.69, 9.17) is 0 Å². The van der Waals surface area contributed by atoms with Crippen LogP contribution in [0.1, 0.15) is 39.8 Å². The molecule has 1 aliphatic rings. The Morgan fingerprint density at radius 1 is 1.50 bits per heavy atom. The first kappa shape index (κ1) is 13.4. The fourth-order valence-corrected chi connectivity index (χ4v) is 3.77. The fourth-order valence-electron chi connectivity index (χ4n) is 2.88. The van der Waals surface area contributed by atoms with Crippen LogP contribution in [-0.2, 0) is 7.05 Å². The third kappa shape index (κ3) is 2.38. The average molecular weight is 289 g/mol. The lowest BCUT2D eigenvalue weighted by atomic mass is 9.97. The van der Waals surface area contributed by atoms with Crippen molar-refractivity contribution in [2.24, 2.45) is 7.05 Å². The average Bonchev–Trinajstić information content (AvgIpc) is 3.07. The standard InChI is InChI=1S/C15H19N3OS/c1-11-5-9-20-13(11)15(19)18-7-3-4-12(10-18)14-16-6-8-17(14)2/h5-6,8-9,12H,3-4,7,10H2,1-2H3/t12-/m0/s1. The first-order chi connectivity index (χ1) is 9.66. The molecular formula is C15H19N3OS. The molecule has 0 N–H and O–H groups in total. The van der Waals surface area contributed by atoms with Crippen LogP contribution in [0.2, 0.25) is 0 Å². The van der Waals surface area contributed by atoms with E-state index in [1.54, 1.807) is 11.3 Å². The summed E-state index contributed by atoms with van der Waals surface area (Å²) in [4.78, 5) is 19.9. The first-order valence-corrected chi connectivity index (χ1v) is 7.85. The molecule has 5 heteroatoms. The molecule has 2 aromatic rings. The summed E-state index contributed by atoms with van der Waals surface area (Å²) in [5.41, 5.74) is 1.08. The van der Waals surface area contributed by atoms with Crippen molar-refractivity contribution in [2.75, 3.05) is 13.1 Å². The minimum atomic E-state index is 0.177. The monoisotopic (exact) mass is 289 g/mol. The summed E-state index contributed by atoms with van der Waals surface area (Å²) in [6.45, 7) is 3.64. The third-order valence-corrected chi connectivity index (χ3v) is 4.99. The summed E-state index contributed by atoms with van der Waals surface area (Å²) in [5, 5.41) is 1.99. The van der Waals surface area contributed by atoms with Crippen LogP contribution in [0.15, 0.2) is 23.8 Å². The number of rotatable bonds is 2. The summed E-state index contributed by atoms with van der Waals surface area (Å²) < 4.78 is 2.06. The molecule has 0 unspecified atom stereocenters. The zero-order valence-corrected chi connectivity index (χ0v) is 12.7. The summed E-state index contributed by atoms with van der Waals surface area (Å²) in [6.07, 6.45) is 5.96. The van der Waals surface area contributed by atoms with E-state index in [1.165, 1.54) is 0 Å². The van der Waals surface area contributed by atoms with Gasteiger partial charge in [-0.1, -0.05) is 0 Å². The largest absolute Gasteiger partial charge is 0.338 e. The molecule has 1 aliphatic heterocycles. The van der Waals surface area contributed by atoms with Crippen LogP contribution in [0.25, 0.3) is 0 Å². The Balaban J connectivity index is 1.77. The Kier molecular flexibility index (Phi) is 3.61. The Morgan fingerprint density at radius 2 is 2.35 bits per heavy atom. The highest BCUT2D eigenvalue weighted by atomic mass is 32.1. The molecule has 0 bridgehead atoms. The number of imidazole rings is 1. The van der Waals surface area contributed by atoms with Gasteiger partial charge in [-0.05, 0) is 36.8 Å². The van der Waals surface area contributed by atoms with Gasteiger partial charge in [0.15, 0.2) is 0 Å². The zero-order valence-electron chi connectivity index (χ0n) is 11.9. The van der Waals surface area contributed by atoms with Crippen molar-refractivity contribution in [3.63, 3.8) is 0 Å². The lowest BCUT2D eigenvalue weighted by Gasteiger charge is -2.32. The predicted octanol–water partition coefficient (Wildman–Crippen LogP) is 2.81. The predicted molar refractivity (Wildman–Crippen MR) is 80.1 cm³/mol. The first-order valence-electron chi connectivity index (χ1n) is 6.97. The highest BCUT2D eigenvalue weighted by molar-refractivity contribution is 7.12. The number of hydrogen-bond donors (Lipinski definition) is 0. The van der Waals surface area contributed by atoms with Gasteiger partial charge >= 0.3 is 0 Å². The van der Waals surface area contributed by atoms with Crippen LogP contribution >= 0.6 is 11.3 Å². The van der Waals surface area contributed by atoms with E-state index in [2.05, 4.69) is 9.55 Å². The molecule has 3 heterocycles. The molecule has 1 saturated heterocycles. The molecule has 3 rings (SSSR count). The molecule has 0 aliphatic carbocycles. The van der Waals surface area contributed by atoms with E-state index in [9.17, 15) is 4.79 Å². The van der Waals surface area contributed by atoms with Crippen LogP contribution in [0.3, 0.4) is 0 Å². The van der Waals surface area contributed by atoms with E-state index in [0.717, 1.165) is 42.2 Å². The van der Waals surface area contributed by atoms with Gasteiger partial charge in [-0.2, -0.15) is 0 Å². The summed E-state index contributed by atoms with van der Waals surface area (Å²) in [5.74, 6) is 1.62. The maximum Gasteiger partial charge on any atom is 0.264 e. The van der Waals surface area contributed by atoms with E-state index >= 15 is 0 Å². The summed E-state index contributed by atoms with van der Waals surface area (Å²) in [6, 6.07) is 2.01. The highest BCUT2D eigenvalue weighted by Gasteiger charge is 2.28. The molecule has 20 heavy (non-hydrogen) atoms. The van der Waals surface area contributed by atoms with Gasteiger partial charge in [-0.15, -0.1) is 11.3 Å². The van der Waals surface area contributed by atoms with Crippen molar-refractivity contribution >= 4 is 17.2 Å². The highest BCUT2D eigenvalue weighted by Crippen LogP contribution is 2.27. The van der Waals surface area contributed by atoms with Gasteiger partial charge in [0.05, 0.1) is 4.88 Å². The molecule has 0 aromatic carbocycles. The molecule has 1 amide bonds. The van der Waals surface area contributed by atoms with Gasteiger partial charge in [0, 0.05) is 38.4 Å². The quantitative estimate of drug-likeness (QED) is 0.852. The number of nitrogens with zero attached hydrogens (tertiary/aromatic N) is 3. The second-order valence-electron chi connectivity index (χ2n) is 5.42. The number of aryl methyl sites for hydroxylation is 2. The number of piperidine rings is 1. The SMILES string of the molecule is Cc1ccsc1C(=O)N1CCC[C@H](c2nccn2C)C1. The summed E-state index contributed by atoms with van der Waals surface area (Å²) >= 11 is 1.54. The van der Waals surface area contributed by atoms with Gasteiger partial charge in [0.25, 0.3) is 5.91 Å². The van der Waals surface area contributed by atoms with Crippen molar-refractivity contribution in [1.82, 2.24) is 14.5 Å². The minimum Gasteiger partial charge on any atom is -0.338 e. The lowest BCUT2D eigenvalue weighted by Crippen LogP contribution is -2.39. The van der Waals surface area contributed by atoms with Crippen molar-refractivity contribution in [1.29, 1.82) is 0 Å². The van der Waals surface area contributed by atoms with Gasteiger partial charge in [0.1, 0.15) is 5.82 Å². The lowest BCUT2D eigenvalue weighted by molar-refractivity contribution is 0.0708. The van der Waals surface area contributed by atoms with Crippen LogP contribution in [0, 0.1) is 6.92 Å². The third-order valence-electron chi connectivity index (χ3n) is 3.99. The molecule has 106 valence electrons. The number of likely N-dealkylation sites (tertiary alicyclic amines) is 1. The fraction of sp³-hybridized carbons (Fsp3) is 0.467. The Bertz CT molecular complexity index is 616. The number of aromatic nitrogens is 2. The maximum absolute atomic E-state index is 12.6. The molecule has 1 fully saturated rings. The maximum atomic E-state index is 12.6. The number of amides is 1. The number of carbonyl (C=O) groups excluding carboxylic acids is 1. The van der Waals surface area contributed by atoms with Crippen molar-refractivity contribution in [3.05, 3.63) is 40.1 Å². The Hall–Kier alpha value is -1.62. The van der Waals surface area contributed by atoms with Gasteiger partial charge in [0.2, 0.25) is 0 Å². The van der Waals surface area contributed by atoms with Crippen LogP contribution < -0.4 is 0 Å². The van der Waals surface area contributed by atoms with E-state index < -0.39 is 0 Å². The smallest absolute Gasteiger partial charge is 0.264 e. The molecule has 0 spiro atoms. The van der Waals surface area contributed by atoms with Crippen molar-refractivity contribution < 1.29 is 4.79 Å². The molecule has 0 saturated carbocycles. The Labute approximate surface area is 123 Å². The molecular weight excluding hydrogens is 270 g/mol. The second-order valence-corrected chi connectivity index (χ2v) is 6.34. The zero-order chi connectivity index (χ0) is 14.1. The van der Waals surface area contributed by atoms with E-state index in [-0.39, 0.29) is 5.91 Å². The van der Waals surface area contributed by atoms with E-state index in [0.29, 0.717) is 5.92 Å². The topological polar surface area (TPSA) is 38.1 Å². The second kappa shape index (κ2) is 5.40. The normalized spacial score (nSPS) is 19.3. The Morgan fingerprint density at radius 3 is 3.00 bits per heavy atom. The molecule has 2 aromatic heterocycles. The van der Waals surface area contributed by atoms with Crippen molar-refractivity contribution in [2.45, 2.75) is 25.7 Å². The summed E-state index contributed by atoms with van der Waals surface area (Å²) in [7, 11) is 2.02. The number of thiophene rings is 1. The van der Waals surface area contributed by atoms with Crippen molar-refractivity contribution in [3.8, 4) is 0 Å². The van der Waals surface area contributed by atoms with Crippen LogP contribution in [0.4, 0.5) is 0 Å². The number of carbonyl (C=O) groups is 1. The molecule has 0 radical (unpaired) electrons. The minimum absolute atomic E-state index is 0.177. The van der Waals surface area contributed by atoms with E-state index in [1.807, 2.05) is 42.7 Å². The van der Waals surface area contributed by atoms with Gasteiger partial charge in [-0.25, -0.2) is 4.98 Å². The molecule has 1 atom stereocenters. The van der Waals surface area contributed by atoms with Gasteiger partial charge in [-0.3, -0.25) is 4.79 Å². The van der Waals surface area contributed by atoms with Gasteiger partial charge < -0.3 is 9.47 Å². The molecule has 4 nitrogen and oxygen atoms in total. The van der Waals surface area contributed by atoms with Crippen LogP contribution in [-0.4, -0.2) is 33.4 Å². The van der Waals surface area contributed by atoms with Crippen LogP contribution in [0.5, 0.6) is 0 Å². The number of hydrogen-bond acceptors (Lipinski definition) is 3.